The minimum Gasteiger partial charge on any atom is -0.459 e. The number of anilines is 1. The number of carbonyl (C=O) groups is 1. The van der Waals surface area contributed by atoms with Gasteiger partial charge in [0.2, 0.25) is 6.79 Å². The topological polar surface area (TPSA) is 73.2 Å². The van der Waals surface area contributed by atoms with Crippen molar-refractivity contribution >= 4 is 22.2 Å². The van der Waals surface area contributed by atoms with Crippen molar-refractivity contribution in [3.63, 3.8) is 0 Å². The lowest BCUT2D eigenvalue weighted by molar-refractivity contribution is 0.0241. The maximum atomic E-state index is 12.7. The van der Waals surface area contributed by atoms with Crippen molar-refractivity contribution < 1.29 is 23.4 Å². The van der Waals surface area contributed by atoms with Crippen molar-refractivity contribution in [2.75, 3.05) is 38.4 Å². The Labute approximate surface area is 178 Å². The van der Waals surface area contributed by atoms with Gasteiger partial charge in [-0.15, -0.1) is 11.3 Å². The van der Waals surface area contributed by atoms with E-state index in [0.29, 0.717) is 13.2 Å². The number of ether oxygens (including phenoxy) is 3. The van der Waals surface area contributed by atoms with Crippen LogP contribution < -0.4 is 14.8 Å². The van der Waals surface area contributed by atoms with Gasteiger partial charge in [-0.2, -0.15) is 0 Å². The van der Waals surface area contributed by atoms with Crippen molar-refractivity contribution in [2.24, 2.45) is 0 Å². The van der Waals surface area contributed by atoms with Crippen LogP contribution in [0.3, 0.4) is 0 Å². The Kier molecular flexibility index (Phi) is 5.20. The number of carbonyl (C=O) groups excluding carboxylic acids is 1. The molecule has 156 valence electrons. The van der Waals surface area contributed by atoms with E-state index in [1.807, 2.05) is 19.1 Å². The van der Waals surface area contributed by atoms with E-state index in [2.05, 4.69) is 22.3 Å². The summed E-state index contributed by atoms with van der Waals surface area (Å²) in [6.07, 6.45) is 1.50. The van der Waals surface area contributed by atoms with Gasteiger partial charge in [-0.1, -0.05) is 6.07 Å². The number of morpholine rings is 1. The number of hydrogen-bond donors (Lipinski definition) is 1. The summed E-state index contributed by atoms with van der Waals surface area (Å²) in [6.45, 7) is 5.26. The van der Waals surface area contributed by atoms with E-state index in [9.17, 15) is 4.79 Å². The molecule has 4 heterocycles. The zero-order valence-electron chi connectivity index (χ0n) is 16.6. The first-order chi connectivity index (χ1) is 14.7. The normalized spacial score (nSPS) is 17.1. The monoisotopic (exact) mass is 426 g/mol. The second-order valence-electron chi connectivity index (χ2n) is 7.24. The first-order valence-corrected chi connectivity index (χ1v) is 10.7. The van der Waals surface area contributed by atoms with E-state index in [0.717, 1.165) is 45.6 Å². The number of fused-ring (bicyclic) bond motifs is 1. The molecule has 0 spiro atoms. The fraction of sp³-hybridized carbons (Fsp3) is 0.318. The summed E-state index contributed by atoms with van der Waals surface area (Å²) in [7, 11) is 0. The number of benzene rings is 1. The van der Waals surface area contributed by atoms with Gasteiger partial charge in [0.05, 0.1) is 25.5 Å². The molecule has 1 N–H and O–H groups in total. The van der Waals surface area contributed by atoms with E-state index in [4.69, 9.17) is 18.6 Å². The molecule has 30 heavy (non-hydrogen) atoms. The van der Waals surface area contributed by atoms with Crippen LogP contribution in [0.4, 0.5) is 5.00 Å². The molecule has 7 nitrogen and oxygen atoms in total. The van der Waals surface area contributed by atoms with Crippen molar-refractivity contribution in [2.45, 2.75) is 13.0 Å². The number of furan rings is 1. The number of nitrogens with zero attached hydrogens (tertiary/aromatic N) is 1. The molecule has 0 saturated carbocycles. The molecular weight excluding hydrogens is 404 g/mol. The van der Waals surface area contributed by atoms with Crippen LogP contribution >= 0.6 is 11.3 Å². The molecule has 1 aromatic carbocycles. The number of hydrogen-bond acceptors (Lipinski definition) is 7. The first kappa shape index (κ1) is 19.2. The summed E-state index contributed by atoms with van der Waals surface area (Å²) in [6, 6.07) is 11.5. The number of thiophene rings is 1. The maximum absolute atomic E-state index is 12.7. The van der Waals surface area contributed by atoms with Crippen molar-refractivity contribution in [1.29, 1.82) is 0 Å². The van der Waals surface area contributed by atoms with Gasteiger partial charge in [-0.05, 0) is 42.8 Å². The third kappa shape index (κ3) is 3.69. The van der Waals surface area contributed by atoms with Gasteiger partial charge in [-0.25, -0.2) is 0 Å². The Morgan fingerprint density at radius 2 is 1.97 bits per heavy atom. The van der Waals surface area contributed by atoms with Gasteiger partial charge in [0, 0.05) is 23.5 Å². The van der Waals surface area contributed by atoms with Crippen LogP contribution in [0, 0.1) is 6.92 Å². The second-order valence-corrected chi connectivity index (χ2v) is 8.49. The van der Waals surface area contributed by atoms with Gasteiger partial charge >= 0.3 is 0 Å². The Bertz CT molecular complexity index is 1040. The predicted octanol–water partition coefficient (Wildman–Crippen LogP) is 4.05. The van der Waals surface area contributed by atoms with E-state index in [1.54, 1.807) is 23.5 Å². The Morgan fingerprint density at radius 1 is 1.13 bits per heavy atom. The summed E-state index contributed by atoms with van der Waals surface area (Å²) in [5.41, 5.74) is 2.14. The summed E-state index contributed by atoms with van der Waals surface area (Å²) in [4.78, 5) is 16.2. The molecule has 5 rings (SSSR count). The van der Waals surface area contributed by atoms with Gasteiger partial charge in [0.25, 0.3) is 5.91 Å². The van der Waals surface area contributed by atoms with Crippen molar-refractivity contribution in [3.8, 4) is 11.5 Å². The van der Waals surface area contributed by atoms with Gasteiger partial charge < -0.3 is 23.9 Å². The van der Waals surface area contributed by atoms with Gasteiger partial charge in [0.1, 0.15) is 5.00 Å². The number of amides is 1. The van der Waals surface area contributed by atoms with Crippen LogP contribution in [-0.2, 0) is 4.74 Å². The SMILES string of the molecule is Cc1cc([C@@H](c2ccc3c(c2)OCO3)N2CCOCC2)c(NC(=O)c2ccco2)s1. The van der Waals surface area contributed by atoms with Crippen molar-refractivity contribution in [1.82, 2.24) is 4.90 Å². The first-order valence-electron chi connectivity index (χ1n) is 9.85. The van der Waals surface area contributed by atoms with Gasteiger partial charge in [0.15, 0.2) is 17.3 Å². The molecular formula is C22H22N2O5S. The highest BCUT2D eigenvalue weighted by Gasteiger charge is 2.30. The van der Waals surface area contributed by atoms with Crippen LogP contribution in [0.25, 0.3) is 0 Å². The Balaban J connectivity index is 1.53. The highest BCUT2D eigenvalue weighted by atomic mass is 32.1. The van der Waals surface area contributed by atoms with Crippen LogP contribution in [-0.4, -0.2) is 43.9 Å². The molecule has 1 fully saturated rings. The Hall–Kier alpha value is -2.81. The zero-order chi connectivity index (χ0) is 20.5. The minimum absolute atomic E-state index is 0.0414. The highest BCUT2D eigenvalue weighted by Crippen LogP contribution is 2.42. The second kappa shape index (κ2) is 8.14. The number of nitrogens with one attached hydrogen (secondary N) is 1. The third-order valence-electron chi connectivity index (χ3n) is 5.27. The smallest absolute Gasteiger partial charge is 0.291 e. The molecule has 2 aromatic heterocycles. The molecule has 0 aliphatic carbocycles. The fourth-order valence-electron chi connectivity index (χ4n) is 3.91. The molecule has 2 aliphatic rings. The van der Waals surface area contributed by atoms with Gasteiger partial charge in [-0.3, -0.25) is 9.69 Å². The lowest BCUT2D eigenvalue weighted by Gasteiger charge is -2.35. The average Bonchev–Trinajstić information content (AvgIpc) is 3.50. The molecule has 0 unspecified atom stereocenters. The Morgan fingerprint density at radius 3 is 2.77 bits per heavy atom. The molecule has 1 atom stereocenters. The molecule has 3 aromatic rings. The summed E-state index contributed by atoms with van der Waals surface area (Å²) >= 11 is 1.56. The molecule has 1 saturated heterocycles. The predicted molar refractivity (Wildman–Crippen MR) is 113 cm³/mol. The summed E-state index contributed by atoms with van der Waals surface area (Å²) in [5.74, 6) is 1.54. The quantitative estimate of drug-likeness (QED) is 0.664. The van der Waals surface area contributed by atoms with E-state index in [-0.39, 0.29) is 24.5 Å². The van der Waals surface area contributed by atoms with Crippen LogP contribution in [0.1, 0.15) is 32.6 Å². The lowest BCUT2D eigenvalue weighted by atomic mass is 9.97. The molecule has 2 aliphatic heterocycles. The number of aryl methyl sites for hydroxylation is 1. The van der Waals surface area contributed by atoms with E-state index in [1.165, 1.54) is 6.26 Å². The minimum atomic E-state index is -0.255. The summed E-state index contributed by atoms with van der Waals surface area (Å²) in [5, 5.41) is 3.87. The van der Waals surface area contributed by atoms with Crippen LogP contribution in [0.5, 0.6) is 11.5 Å². The van der Waals surface area contributed by atoms with Crippen LogP contribution in [0.2, 0.25) is 0 Å². The molecule has 8 heteroatoms. The van der Waals surface area contributed by atoms with E-state index < -0.39 is 0 Å². The maximum Gasteiger partial charge on any atom is 0.291 e. The average molecular weight is 426 g/mol. The molecule has 0 radical (unpaired) electrons. The van der Waals surface area contributed by atoms with Crippen LogP contribution in [0.15, 0.2) is 47.1 Å². The fourth-order valence-corrected chi connectivity index (χ4v) is 4.85. The largest absolute Gasteiger partial charge is 0.459 e. The number of rotatable bonds is 5. The van der Waals surface area contributed by atoms with Crippen molar-refractivity contribution in [3.05, 3.63) is 64.4 Å². The highest BCUT2D eigenvalue weighted by molar-refractivity contribution is 7.16. The summed E-state index contributed by atoms with van der Waals surface area (Å²) < 4.78 is 21.9. The lowest BCUT2D eigenvalue weighted by Crippen LogP contribution is -2.39. The molecule has 0 bridgehead atoms. The standard InChI is InChI=1S/C22H22N2O5S/c1-14-11-16(22(30-14)23-21(25)18-3-2-8-27-18)20(24-6-9-26-10-7-24)15-4-5-17-19(12-15)29-13-28-17/h2-5,8,11-12,20H,6-7,9-10,13H2,1H3,(H,23,25)/t20-/m1/s1. The molecule has 1 amide bonds. The zero-order valence-corrected chi connectivity index (χ0v) is 17.4. The van der Waals surface area contributed by atoms with E-state index >= 15 is 0 Å². The third-order valence-corrected chi connectivity index (χ3v) is 6.26.